The Labute approximate surface area is 206 Å². The smallest absolute Gasteiger partial charge is 0.235 e. The van der Waals surface area contributed by atoms with Gasteiger partial charge in [-0.2, -0.15) is 10.2 Å². The van der Waals surface area contributed by atoms with Gasteiger partial charge in [-0.3, -0.25) is 4.79 Å². The molecule has 4 aromatic heterocycles. The number of pyridine rings is 1. The number of nitrogens with zero attached hydrogens (tertiary/aromatic N) is 7. The average molecular weight is 483 g/mol. The summed E-state index contributed by atoms with van der Waals surface area (Å²) in [5.74, 6) is 0.787. The van der Waals surface area contributed by atoms with Crippen molar-refractivity contribution in [1.29, 1.82) is 0 Å². The van der Waals surface area contributed by atoms with Crippen molar-refractivity contribution in [1.82, 2.24) is 34.5 Å². The van der Waals surface area contributed by atoms with Gasteiger partial charge >= 0.3 is 0 Å². The number of aromatic nitrogens is 7. The highest BCUT2D eigenvalue weighted by Gasteiger charge is 2.43. The topological polar surface area (TPSA) is 103 Å². The first-order valence-corrected chi connectivity index (χ1v) is 11.6. The Morgan fingerprint density at radius 2 is 1.86 bits per heavy atom. The lowest BCUT2D eigenvalue weighted by atomic mass is 9.87. The molecule has 0 fully saturated rings. The van der Waals surface area contributed by atoms with Gasteiger partial charge in [-0.15, -0.1) is 0 Å². The highest BCUT2D eigenvalue weighted by Crippen LogP contribution is 2.41. The molecule has 1 aliphatic rings. The summed E-state index contributed by atoms with van der Waals surface area (Å²) in [4.78, 5) is 27.0. The maximum atomic E-state index is 14.4. The molecule has 6 rings (SSSR count). The minimum atomic E-state index is -0.844. The number of carbonyl (C=O) groups excluding carboxylic acids is 1. The zero-order chi connectivity index (χ0) is 25.2. The van der Waals surface area contributed by atoms with Gasteiger partial charge < -0.3 is 5.32 Å². The number of fused-ring (bicyclic) bond motifs is 2. The van der Waals surface area contributed by atoms with E-state index in [1.54, 1.807) is 39.8 Å². The number of carbonyl (C=O) groups is 1. The van der Waals surface area contributed by atoms with Gasteiger partial charge in [0.15, 0.2) is 17.3 Å². The number of rotatable bonds is 4. The molecule has 1 N–H and O–H groups in total. The molecule has 0 aliphatic carbocycles. The number of benzene rings is 1. The molecule has 0 saturated heterocycles. The van der Waals surface area contributed by atoms with E-state index in [2.05, 4.69) is 15.4 Å². The Hall–Kier alpha value is -4.47. The van der Waals surface area contributed by atoms with Gasteiger partial charge in [0.25, 0.3) is 0 Å². The van der Waals surface area contributed by atoms with Gasteiger partial charge in [0.1, 0.15) is 17.3 Å². The molecule has 0 unspecified atom stereocenters. The molecule has 0 spiro atoms. The molecule has 5 aromatic rings. The third kappa shape index (κ3) is 3.29. The molecule has 5 heterocycles. The van der Waals surface area contributed by atoms with Crippen LogP contribution in [0.3, 0.4) is 0 Å². The van der Waals surface area contributed by atoms with E-state index >= 15 is 0 Å². The summed E-state index contributed by atoms with van der Waals surface area (Å²) in [6.45, 7) is 7.72. The summed E-state index contributed by atoms with van der Waals surface area (Å²) in [7, 11) is 0. The van der Waals surface area contributed by atoms with Crippen molar-refractivity contribution in [2.75, 3.05) is 5.32 Å². The van der Waals surface area contributed by atoms with Gasteiger partial charge in [0, 0.05) is 17.5 Å². The van der Waals surface area contributed by atoms with E-state index in [0.717, 1.165) is 16.8 Å². The third-order valence-corrected chi connectivity index (χ3v) is 6.52. The van der Waals surface area contributed by atoms with Gasteiger partial charge in [-0.05, 0) is 52.0 Å². The summed E-state index contributed by atoms with van der Waals surface area (Å²) in [5, 5.41) is 13.0. The van der Waals surface area contributed by atoms with Crippen LogP contribution in [0.25, 0.3) is 28.4 Å². The predicted molar refractivity (Wildman–Crippen MR) is 132 cm³/mol. The maximum Gasteiger partial charge on any atom is 0.235 e. The van der Waals surface area contributed by atoms with Crippen molar-refractivity contribution in [3.8, 4) is 17.3 Å². The molecular weight excluding hydrogens is 459 g/mol. The van der Waals surface area contributed by atoms with Crippen LogP contribution in [0.4, 0.5) is 10.2 Å². The van der Waals surface area contributed by atoms with Crippen LogP contribution < -0.4 is 5.32 Å². The molecule has 1 aliphatic heterocycles. The third-order valence-electron chi connectivity index (χ3n) is 6.52. The Kier molecular flexibility index (Phi) is 4.75. The lowest BCUT2D eigenvalue weighted by Gasteiger charge is -2.18. The Bertz CT molecular complexity index is 1680. The standard InChI is InChI=1S/C26H23FN8O/c1-14-12-15(2)35(32-14)24-19-21(31-25(36)26(19,3)4)29-22(30-24)20-17-9-7-11-28-23(17)34(33-20)13-16-8-5-6-10-18(16)27/h5-12H,13H2,1-4H3,(H,29,30,31,36). The number of hydrogen-bond donors (Lipinski definition) is 1. The summed E-state index contributed by atoms with van der Waals surface area (Å²) in [6, 6.07) is 12.2. The van der Waals surface area contributed by atoms with E-state index in [1.165, 1.54) is 6.07 Å². The summed E-state index contributed by atoms with van der Waals surface area (Å²) < 4.78 is 17.8. The molecule has 180 valence electrons. The van der Waals surface area contributed by atoms with Crippen LogP contribution in [0.1, 0.15) is 36.4 Å². The summed E-state index contributed by atoms with van der Waals surface area (Å²) in [6.07, 6.45) is 1.67. The average Bonchev–Trinajstić information content (AvgIpc) is 3.46. The second-order valence-corrected chi connectivity index (χ2v) is 9.48. The van der Waals surface area contributed by atoms with Crippen molar-refractivity contribution in [3.05, 3.63) is 77.0 Å². The Morgan fingerprint density at radius 3 is 2.61 bits per heavy atom. The SMILES string of the molecule is Cc1cc(C)n(-c2nc(-c3nn(Cc4ccccc4F)c4ncccc34)nc3c2C(C)(C)C(=O)N3)n1. The van der Waals surface area contributed by atoms with Crippen LogP contribution in [0.5, 0.6) is 0 Å². The van der Waals surface area contributed by atoms with Gasteiger partial charge in [-0.25, -0.2) is 28.7 Å². The maximum absolute atomic E-state index is 14.4. The molecule has 9 nitrogen and oxygen atoms in total. The summed E-state index contributed by atoms with van der Waals surface area (Å²) >= 11 is 0. The van der Waals surface area contributed by atoms with E-state index in [1.807, 2.05) is 39.8 Å². The zero-order valence-electron chi connectivity index (χ0n) is 20.2. The van der Waals surface area contributed by atoms with E-state index in [-0.39, 0.29) is 18.3 Å². The molecule has 0 radical (unpaired) electrons. The second-order valence-electron chi connectivity index (χ2n) is 9.48. The van der Waals surface area contributed by atoms with Crippen LogP contribution in [-0.2, 0) is 16.8 Å². The van der Waals surface area contributed by atoms with Crippen molar-refractivity contribution in [2.24, 2.45) is 0 Å². The predicted octanol–water partition coefficient (Wildman–Crippen LogP) is 4.11. The van der Waals surface area contributed by atoms with Crippen molar-refractivity contribution in [3.63, 3.8) is 0 Å². The van der Waals surface area contributed by atoms with Gasteiger partial charge in [0.05, 0.1) is 28.6 Å². The number of anilines is 1. The van der Waals surface area contributed by atoms with Gasteiger partial charge in [-0.1, -0.05) is 18.2 Å². The van der Waals surface area contributed by atoms with Crippen LogP contribution >= 0.6 is 0 Å². The largest absolute Gasteiger partial charge is 0.309 e. The van der Waals surface area contributed by atoms with Crippen LogP contribution in [0.15, 0.2) is 48.7 Å². The number of aryl methyl sites for hydroxylation is 2. The Morgan fingerprint density at radius 1 is 1.06 bits per heavy atom. The number of amides is 1. The van der Waals surface area contributed by atoms with Crippen molar-refractivity contribution < 1.29 is 9.18 Å². The highest BCUT2D eigenvalue weighted by molar-refractivity contribution is 6.06. The van der Waals surface area contributed by atoms with E-state index in [0.29, 0.717) is 39.9 Å². The molecule has 1 amide bonds. The number of hydrogen-bond acceptors (Lipinski definition) is 6. The minimum Gasteiger partial charge on any atom is -0.309 e. The lowest BCUT2D eigenvalue weighted by molar-refractivity contribution is -0.119. The van der Waals surface area contributed by atoms with E-state index in [4.69, 9.17) is 15.1 Å². The molecule has 1 aromatic carbocycles. The number of nitrogens with one attached hydrogen (secondary N) is 1. The number of halogens is 1. The van der Waals surface area contributed by atoms with Crippen molar-refractivity contribution in [2.45, 2.75) is 39.7 Å². The molecule has 0 saturated carbocycles. The monoisotopic (exact) mass is 482 g/mol. The first-order valence-electron chi connectivity index (χ1n) is 11.6. The first kappa shape index (κ1) is 22.0. The molecule has 0 bridgehead atoms. The van der Waals surface area contributed by atoms with Crippen molar-refractivity contribution >= 4 is 22.8 Å². The fourth-order valence-corrected chi connectivity index (χ4v) is 4.67. The lowest BCUT2D eigenvalue weighted by Crippen LogP contribution is -2.28. The molecule has 0 atom stereocenters. The van der Waals surface area contributed by atoms with Crippen LogP contribution in [0, 0.1) is 19.7 Å². The van der Waals surface area contributed by atoms with E-state index < -0.39 is 5.41 Å². The molecular formula is C26H23FN8O. The minimum absolute atomic E-state index is 0.164. The second kappa shape index (κ2) is 7.77. The molecule has 10 heteroatoms. The molecule has 36 heavy (non-hydrogen) atoms. The van der Waals surface area contributed by atoms with E-state index in [9.17, 15) is 9.18 Å². The quantitative estimate of drug-likeness (QED) is 0.414. The van der Waals surface area contributed by atoms with Crippen LogP contribution in [0.2, 0.25) is 0 Å². The van der Waals surface area contributed by atoms with Crippen LogP contribution in [-0.4, -0.2) is 40.4 Å². The normalized spacial score (nSPS) is 14.3. The van der Waals surface area contributed by atoms with Gasteiger partial charge in [0.2, 0.25) is 5.91 Å². The first-order chi connectivity index (χ1) is 17.2. The summed E-state index contributed by atoms with van der Waals surface area (Å²) in [5.41, 5.74) is 3.10. The fraction of sp³-hybridized carbons (Fsp3) is 0.231. The highest BCUT2D eigenvalue weighted by atomic mass is 19.1. The Balaban J connectivity index is 1.58. The zero-order valence-corrected chi connectivity index (χ0v) is 20.2. The fourth-order valence-electron chi connectivity index (χ4n) is 4.67.